The van der Waals surface area contributed by atoms with Crippen LogP contribution in [0.25, 0.3) is 0 Å². The number of carbonyl (C=O) groups is 1. The van der Waals surface area contributed by atoms with E-state index in [9.17, 15) is 9.90 Å². The Bertz CT molecular complexity index is 198. The van der Waals surface area contributed by atoms with E-state index in [1.54, 1.807) is 13.0 Å². The van der Waals surface area contributed by atoms with Crippen molar-refractivity contribution in [1.29, 1.82) is 0 Å². The summed E-state index contributed by atoms with van der Waals surface area (Å²) >= 11 is 0. The number of esters is 1. The minimum atomic E-state index is -0.318. The van der Waals surface area contributed by atoms with E-state index in [1.165, 1.54) is 6.08 Å². The molecule has 0 aromatic carbocycles. The molecule has 0 saturated heterocycles. The largest absolute Gasteiger partial charge is 0.462 e. The van der Waals surface area contributed by atoms with E-state index in [2.05, 4.69) is 0 Å². The Morgan fingerprint density at radius 3 is 2.92 bits per heavy atom. The second-order valence-electron chi connectivity index (χ2n) is 3.39. The second kappa shape index (κ2) is 5.02. The van der Waals surface area contributed by atoms with Gasteiger partial charge in [-0.3, -0.25) is 0 Å². The first kappa shape index (κ1) is 10.3. The molecule has 1 aliphatic rings. The maximum absolute atomic E-state index is 10.9. The summed E-state index contributed by atoms with van der Waals surface area (Å²) in [6.45, 7) is 2.12. The first-order chi connectivity index (χ1) is 6.24. The predicted octanol–water partition coefficient (Wildman–Crippen LogP) is 1.27. The van der Waals surface area contributed by atoms with Crippen molar-refractivity contribution >= 4 is 5.97 Å². The number of carbonyl (C=O) groups excluding carboxylic acids is 1. The number of aliphatic hydroxyl groups is 1. The monoisotopic (exact) mass is 184 g/mol. The van der Waals surface area contributed by atoms with E-state index in [0.29, 0.717) is 6.61 Å². The smallest absolute Gasteiger partial charge is 0.330 e. The van der Waals surface area contributed by atoms with Crippen LogP contribution < -0.4 is 0 Å². The highest BCUT2D eigenvalue weighted by molar-refractivity contribution is 5.81. The van der Waals surface area contributed by atoms with Crippen LogP contribution in [-0.2, 0) is 9.53 Å². The molecule has 1 saturated carbocycles. The number of hydrogen-bond acceptors (Lipinski definition) is 3. The molecular formula is C10H16O3. The van der Waals surface area contributed by atoms with Crippen molar-refractivity contribution in [2.45, 2.75) is 32.3 Å². The van der Waals surface area contributed by atoms with Gasteiger partial charge >= 0.3 is 5.97 Å². The van der Waals surface area contributed by atoms with Crippen molar-refractivity contribution < 1.29 is 14.6 Å². The van der Waals surface area contributed by atoms with E-state index in [0.717, 1.165) is 19.3 Å². The summed E-state index contributed by atoms with van der Waals surface area (Å²) in [5.41, 5.74) is 0. The first-order valence-corrected chi connectivity index (χ1v) is 4.71. The van der Waals surface area contributed by atoms with Crippen molar-refractivity contribution in [3.8, 4) is 0 Å². The highest BCUT2D eigenvalue weighted by atomic mass is 16.5. The minimum absolute atomic E-state index is 0.147. The molecule has 74 valence electrons. The molecule has 1 rings (SSSR count). The van der Waals surface area contributed by atoms with Crippen molar-refractivity contribution in [3.05, 3.63) is 12.2 Å². The van der Waals surface area contributed by atoms with Gasteiger partial charge in [0.15, 0.2) is 0 Å². The predicted molar refractivity (Wildman–Crippen MR) is 49.1 cm³/mol. The van der Waals surface area contributed by atoms with Gasteiger partial charge in [0.25, 0.3) is 0 Å². The lowest BCUT2D eigenvalue weighted by molar-refractivity contribution is -0.139. The van der Waals surface area contributed by atoms with Crippen LogP contribution in [0.5, 0.6) is 0 Å². The van der Waals surface area contributed by atoms with Gasteiger partial charge in [0, 0.05) is 12.0 Å². The van der Waals surface area contributed by atoms with Gasteiger partial charge in [-0.25, -0.2) is 4.79 Å². The molecule has 3 nitrogen and oxygen atoms in total. The zero-order valence-corrected chi connectivity index (χ0v) is 7.90. The SMILES string of the molecule is C/C=C/C(=O)OC[C@H]1CCC[C@H]1O. The number of ether oxygens (including phenoxy) is 1. The Labute approximate surface area is 78.4 Å². The molecule has 0 radical (unpaired) electrons. The van der Waals surface area contributed by atoms with Crippen LogP contribution >= 0.6 is 0 Å². The fraction of sp³-hybridized carbons (Fsp3) is 0.700. The Morgan fingerprint density at radius 2 is 2.38 bits per heavy atom. The van der Waals surface area contributed by atoms with Crippen molar-refractivity contribution in [3.63, 3.8) is 0 Å². The number of hydrogen-bond donors (Lipinski definition) is 1. The Balaban J connectivity index is 2.22. The maximum atomic E-state index is 10.9. The minimum Gasteiger partial charge on any atom is -0.462 e. The zero-order chi connectivity index (χ0) is 9.68. The van der Waals surface area contributed by atoms with E-state index in [-0.39, 0.29) is 18.0 Å². The molecule has 1 fully saturated rings. The summed E-state index contributed by atoms with van der Waals surface area (Å²) in [4.78, 5) is 10.9. The normalized spacial score (nSPS) is 28.2. The first-order valence-electron chi connectivity index (χ1n) is 4.71. The molecule has 0 amide bonds. The molecule has 0 unspecified atom stereocenters. The highest BCUT2D eigenvalue weighted by Crippen LogP contribution is 2.25. The van der Waals surface area contributed by atoms with Gasteiger partial charge in [-0.15, -0.1) is 0 Å². The van der Waals surface area contributed by atoms with Crippen LogP contribution in [0.1, 0.15) is 26.2 Å². The van der Waals surface area contributed by atoms with Crippen molar-refractivity contribution in [2.24, 2.45) is 5.92 Å². The molecule has 13 heavy (non-hydrogen) atoms. The Hall–Kier alpha value is -0.830. The topological polar surface area (TPSA) is 46.5 Å². The molecule has 2 atom stereocenters. The van der Waals surface area contributed by atoms with Crippen molar-refractivity contribution in [1.82, 2.24) is 0 Å². The molecule has 3 heteroatoms. The number of allylic oxidation sites excluding steroid dienone is 1. The summed E-state index contributed by atoms with van der Waals surface area (Å²) in [6.07, 6.45) is 5.59. The average molecular weight is 184 g/mol. The second-order valence-corrected chi connectivity index (χ2v) is 3.39. The summed E-state index contributed by atoms with van der Waals surface area (Å²) < 4.78 is 4.95. The molecule has 1 N–H and O–H groups in total. The highest BCUT2D eigenvalue weighted by Gasteiger charge is 2.25. The van der Waals surface area contributed by atoms with Crippen LogP contribution in [0.2, 0.25) is 0 Å². The van der Waals surface area contributed by atoms with Gasteiger partial charge in [0.05, 0.1) is 12.7 Å². The third-order valence-electron chi connectivity index (χ3n) is 2.36. The Kier molecular flexibility index (Phi) is 3.96. The van der Waals surface area contributed by atoms with E-state index >= 15 is 0 Å². The maximum Gasteiger partial charge on any atom is 0.330 e. The molecule has 0 aromatic heterocycles. The van der Waals surface area contributed by atoms with Gasteiger partial charge in [0.2, 0.25) is 0 Å². The van der Waals surface area contributed by atoms with Crippen molar-refractivity contribution in [2.75, 3.05) is 6.61 Å². The molecule has 0 aliphatic heterocycles. The van der Waals surface area contributed by atoms with Crippen LogP contribution in [0.4, 0.5) is 0 Å². The van der Waals surface area contributed by atoms with Crippen LogP contribution in [0.15, 0.2) is 12.2 Å². The lowest BCUT2D eigenvalue weighted by Crippen LogP contribution is -2.20. The molecule has 0 spiro atoms. The van der Waals surface area contributed by atoms with Crippen LogP contribution in [0.3, 0.4) is 0 Å². The molecule has 0 heterocycles. The average Bonchev–Trinajstić information content (AvgIpc) is 2.48. The van der Waals surface area contributed by atoms with E-state index < -0.39 is 0 Å². The van der Waals surface area contributed by atoms with E-state index in [4.69, 9.17) is 4.74 Å². The lowest BCUT2D eigenvalue weighted by Gasteiger charge is -2.13. The summed E-state index contributed by atoms with van der Waals surface area (Å²) in [7, 11) is 0. The third kappa shape index (κ3) is 3.19. The molecular weight excluding hydrogens is 168 g/mol. The fourth-order valence-corrected chi connectivity index (χ4v) is 1.59. The van der Waals surface area contributed by atoms with Gasteiger partial charge in [-0.1, -0.05) is 12.5 Å². The molecule has 0 bridgehead atoms. The van der Waals surface area contributed by atoms with Gasteiger partial charge < -0.3 is 9.84 Å². The van der Waals surface area contributed by atoms with Gasteiger partial charge in [-0.05, 0) is 19.8 Å². The molecule has 0 aromatic rings. The van der Waals surface area contributed by atoms with Crippen LogP contribution in [-0.4, -0.2) is 23.8 Å². The van der Waals surface area contributed by atoms with E-state index in [1.807, 2.05) is 0 Å². The summed E-state index contributed by atoms with van der Waals surface area (Å²) in [5, 5.41) is 9.42. The Morgan fingerprint density at radius 1 is 1.62 bits per heavy atom. The lowest BCUT2D eigenvalue weighted by atomic mass is 10.1. The number of aliphatic hydroxyl groups excluding tert-OH is 1. The quantitative estimate of drug-likeness (QED) is 0.530. The standard InChI is InChI=1S/C10H16O3/c1-2-4-10(12)13-7-8-5-3-6-9(8)11/h2,4,8-9,11H,3,5-7H2,1H3/b4-2+/t8-,9-/m1/s1. The molecule has 1 aliphatic carbocycles. The summed E-state index contributed by atoms with van der Waals surface area (Å²) in [5.74, 6) is -0.171. The number of rotatable bonds is 3. The zero-order valence-electron chi connectivity index (χ0n) is 7.90. The fourth-order valence-electron chi connectivity index (χ4n) is 1.59. The third-order valence-corrected chi connectivity index (χ3v) is 2.36. The van der Waals surface area contributed by atoms with Gasteiger partial charge in [-0.2, -0.15) is 0 Å². The van der Waals surface area contributed by atoms with Crippen LogP contribution in [0, 0.1) is 5.92 Å². The van der Waals surface area contributed by atoms with Gasteiger partial charge in [0.1, 0.15) is 0 Å². The summed E-state index contributed by atoms with van der Waals surface area (Å²) in [6, 6.07) is 0.